The highest BCUT2D eigenvalue weighted by Gasteiger charge is 2.01. The highest BCUT2D eigenvalue weighted by molar-refractivity contribution is 5.92. The van der Waals surface area contributed by atoms with Crippen molar-refractivity contribution in [1.82, 2.24) is 5.32 Å². The maximum absolute atomic E-state index is 11.7. The third kappa shape index (κ3) is 5.67. The monoisotopic (exact) mass is 284 g/mol. The number of carbonyl (C=O) groups is 1. The summed E-state index contributed by atoms with van der Waals surface area (Å²) in [6.07, 6.45) is 0. The fourth-order valence-electron chi connectivity index (χ4n) is 1.87. The number of amides is 1. The molecule has 4 heteroatoms. The molecule has 2 aromatic rings. The Bertz CT molecular complexity index is 570. The maximum atomic E-state index is 11.7. The molecule has 0 saturated heterocycles. The summed E-state index contributed by atoms with van der Waals surface area (Å²) in [5.74, 6) is 0.794. The summed E-state index contributed by atoms with van der Waals surface area (Å²) in [5, 5.41) is 5.87. The first kappa shape index (κ1) is 15.1. The summed E-state index contributed by atoms with van der Waals surface area (Å²) in [5.41, 5.74) is 1.98. The summed E-state index contributed by atoms with van der Waals surface area (Å²) in [7, 11) is 0. The third-order valence-electron chi connectivity index (χ3n) is 2.88. The van der Waals surface area contributed by atoms with Gasteiger partial charge in [-0.15, -0.1) is 0 Å². The Labute approximate surface area is 125 Å². The van der Waals surface area contributed by atoms with E-state index in [1.165, 1.54) is 5.56 Å². The Morgan fingerprint density at radius 1 is 1.10 bits per heavy atom. The van der Waals surface area contributed by atoms with Crippen LogP contribution in [0.5, 0.6) is 5.75 Å². The van der Waals surface area contributed by atoms with Crippen molar-refractivity contribution >= 4 is 11.6 Å². The predicted octanol–water partition coefficient (Wildman–Crippen LogP) is 2.60. The first-order valence-corrected chi connectivity index (χ1v) is 6.99. The van der Waals surface area contributed by atoms with Crippen molar-refractivity contribution in [3.8, 4) is 5.75 Å². The molecule has 0 bridgehead atoms. The van der Waals surface area contributed by atoms with Crippen LogP contribution in [0.25, 0.3) is 0 Å². The van der Waals surface area contributed by atoms with Crippen LogP contribution in [0.1, 0.15) is 5.56 Å². The van der Waals surface area contributed by atoms with Gasteiger partial charge in [0.25, 0.3) is 0 Å². The van der Waals surface area contributed by atoms with Crippen LogP contribution in [0, 0.1) is 6.92 Å². The molecule has 0 heterocycles. The number of hydrogen-bond donors (Lipinski definition) is 2. The van der Waals surface area contributed by atoms with Gasteiger partial charge in [0.15, 0.2) is 0 Å². The van der Waals surface area contributed by atoms with Gasteiger partial charge >= 0.3 is 0 Å². The zero-order valence-corrected chi connectivity index (χ0v) is 12.1. The van der Waals surface area contributed by atoms with Gasteiger partial charge in [-0.25, -0.2) is 0 Å². The number of nitrogens with one attached hydrogen (secondary N) is 2. The molecule has 0 saturated carbocycles. The number of para-hydroxylation sites is 1. The second-order valence-electron chi connectivity index (χ2n) is 4.76. The molecular weight excluding hydrogens is 264 g/mol. The topological polar surface area (TPSA) is 50.4 Å². The normalized spacial score (nSPS) is 10.1. The summed E-state index contributed by atoms with van der Waals surface area (Å²) in [4.78, 5) is 11.7. The van der Waals surface area contributed by atoms with E-state index in [0.29, 0.717) is 13.2 Å². The zero-order chi connectivity index (χ0) is 14.9. The van der Waals surface area contributed by atoms with Gasteiger partial charge in [-0.1, -0.05) is 30.3 Å². The maximum Gasteiger partial charge on any atom is 0.238 e. The van der Waals surface area contributed by atoms with Crippen molar-refractivity contribution in [2.24, 2.45) is 0 Å². The van der Waals surface area contributed by atoms with Gasteiger partial charge in [0.1, 0.15) is 12.4 Å². The molecule has 0 fully saturated rings. The van der Waals surface area contributed by atoms with Gasteiger partial charge in [-0.3, -0.25) is 4.79 Å². The second kappa shape index (κ2) is 8.07. The van der Waals surface area contributed by atoms with E-state index in [4.69, 9.17) is 4.74 Å². The molecule has 4 nitrogen and oxygen atoms in total. The fourth-order valence-corrected chi connectivity index (χ4v) is 1.87. The van der Waals surface area contributed by atoms with Crippen molar-refractivity contribution in [1.29, 1.82) is 0 Å². The SMILES string of the molecule is Cc1cccc(OCCNCC(=O)Nc2ccccc2)c1. The quantitative estimate of drug-likeness (QED) is 0.768. The van der Waals surface area contributed by atoms with Gasteiger partial charge in [-0.2, -0.15) is 0 Å². The second-order valence-corrected chi connectivity index (χ2v) is 4.76. The molecule has 1 amide bonds. The molecule has 0 aliphatic rings. The first-order chi connectivity index (χ1) is 10.2. The molecule has 21 heavy (non-hydrogen) atoms. The van der Waals surface area contributed by atoms with Gasteiger partial charge in [-0.05, 0) is 36.8 Å². The Morgan fingerprint density at radius 2 is 1.90 bits per heavy atom. The number of aryl methyl sites for hydroxylation is 1. The molecule has 0 unspecified atom stereocenters. The summed E-state index contributed by atoms with van der Waals surface area (Å²) in [6, 6.07) is 17.3. The molecule has 0 aliphatic heterocycles. The average Bonchev–Trinajstić information content (AvgIpc) is 2.48. The number of benzene rings is 2. The van der Waals surface area contributed by atoms with Crippen LogP contribution in [-0.4, -0.2) is 25.6 Å². The largest absolute Gasteiger partial charge is 0.492 e. The molecular formula is C17H20N2O2. The van der Waals surface area contributed by atoms with Crippen LogP contribution in [0.3, 0.4) is 0 Å². The van der Waals surface area contributed by atoms with E-state index in [0.717, 1.165) is 11.4 Å². The first-order valence-electron chi connectivity index (χ1n) is 6.99. The minimum absolute atomic E-state index is 0.0586. The van der Waals surface area contributed by atoms with E-state index in [9.17, 15) is 4.79 Å². The minimum Gasteiger partial charge on any atom is -0.492 e. The van der Waals surface area contributed by atoms with Crippen molar-refractivity contribution in [2.75, 3.05) is 25.0 Å². The van der Waals surface area contributed by atoms with Crippen molar-refractivity contribution < 1.29 is 9.53 Å². The Kier molecular flexibility index (Phi) is 5.79. The molecule has 0 aromatic heterocycles. The molecule has 0 spiro atoms. The molecule has 0 aliphatic carbocycles. The van der Waals surface area contributed by atoms with Gasteiger partial charge in [0.2, 0.25) is 5.91 Å². The van der Waals surface area contributed by atoms with Gasteiger partial charge in [0, 0.05) is 12.2 Å². The standard InChI is InChI=1S/C17H20N2O2/c1-14-6-5-9-16(12-14)21-11-10-18-13-17(20)19-15-7-3-2-4-8-15/h2-9,12,18H,10-11,13H2,1H3,(H,19,20). The third-order valence-corrected chi connectivity index (χ3v) is 2.88. The number of rotatable bonds is 7. The molecule has 0 radical (unpaired) electrons. The van der Waals surface area contributed by atoms with Crippen molar-refractivity contribution in [3.05, 3.63) is 60.2 Å². The summed E-state index contributed by atoms with van der Waals surface area (Å²) in [6.45, 7) is 3.45. The molecule has 110 valence electrons. The Morgan fingerprint density at radius 3 is 2.67 bits per heavy atom. The molecule has 2 N–H and O–H groups in total. The van der Waals surface area contributed by atoms with Crippen LogP contribution in [-0.2, 0) is 4.79 Å². The Hall–Kier alpha value is -2.33. The number of anilines is 1. The summed E-state index contributed by atoms with van der Waals surface area (Å²) >= 11 is 0. The van der Waals surface area contributed by atoms with Crippen LogP contribution in [0.4, 0.5) is 5.69 Å². The van der Waals surface area contributed by atoms with Crippen molar-refractivity contribution in [2.45, 2.75) is 6.92 Å². The molecule has 2 aromatic carbocycles. The van der Waals surface area contributed by atoms with E-state index >= 15 is 0 Å². The van der Waals surface area contributed by atoms with E-state index < -0.39 is 0 Å². The lowest BCUT2D eigenvalue weighted by Crippen LogP contribution is -2.31. The van der Waals surface area contributed by atoms with Gasteiger partial charge < -0.3 is 15.4 Å². The number of ether oxygens (including phenoxy) is 1. The minimum atomic E-state index is -0.0586. The van der Waals surface area contributed by atoms with E-state index in [-0.39, 0.29) is 12.5 Å². The predicted molar refractivity (Wildman–Crippen MR) is 84.6 cm³/mol. The number of carbonyl (C=O) groups excluding carboxylic acids is 1. The van der Waals surface area contributed by atoms with Crippen LogP contribution in [0.15, 0.2) is 54.6 Å². The lowest BCUT2D eigenvalue weighted by molar-refractivity contribution is -0.115. The fraction of sp³-hybridized carbons (Fsp3) is 0.235. The smallest absolute Gasteiger partial charge is 0.238 e. The lowest BCUT2D eigenvalue weighted by Gasteiger charge is -2.08. The highest BCUT2D eigenvalue weighted by Crippen LogP contribution is 2.11. The highest BCUT2D eigenvalue weighted by atomic mass is 16.5. The van der Waals surface area contributed by atoms with E-state index in [2.05, 4.69) is 10.6 Å². The van der Waals surface area contributed by atoms with Crippen molar-refractivity contribution in [3.63, 3.8) is 0 Å². The van der Waals surface area contributed by atoms with Crippen LogP contribution < -0.4 is 15.4 Å². The number of hydrogen-bond acceptors (Lipinski definition) is 3. The van der Waals surface area contributed by atoms with E-state index in [1.807, 2.05) is 61.5 Å². The van der Waals surface area contributed by atoms with Crippen LogP contribution in [0.2, 0.25) is 0 Å². The van der Waals surface area contributed by atoms with Crippen LogP contribution >= 0.6 is 0 Å². The summed E-state index contributed by atoms with van der Waals surface area (Å²) < 4.78 is 5.59. The van der Waals surface area contributed by atoms with E-state index in [1.54, 1.807) is 0 Å². The average molecular weight is 284 g/mol. The zero-order valence-electron chi connectivity index (χ0n) is 12.1. The molecule has 0 atom stereocenters. The Balaban J connectivity index is 1.60. The molecule has 2 rings (SSSR count). The lowest BCUT2D eigenvalue weighted by atomic mass is 10.2. The van der Waals surface area contributed by atoms with Gasteiger partial charge in [0.05, 0.1) is 6.54 Å².